The maximum Gasteiger partial charge on any atom is 0.138 e. The van der Waals surface area contributed by atoms with Gasteiger partial charge in [-0.25, -0.2) is 0 Å². The summed E-state index contributed by atoms with van der Waals surface area (Å²) in [6, 6.07) is 21.4. The van der Waals surface area contributed by atoms with Crippen LogP contribution in [-0.2, 0) is 6.54 Å². The molecule has 27 heavy (non-hydrogen) atoms. The molecule has 0 atom stereocenters. The number of aromatic nitrogens is 2. The van der Waals surface area contributed by atoms with Crippen molar-refractivity contribution in [1.29, 1.82) is 0 Å². The largest absolute Gasteiger partial charge is 0.456 e. The van der Waals surface area contributed by atoms with E-state index in [-0.39, 0.29) is 0 Å². The first kappa shape index (κ1) is 15.9. The van der Waals surface area contributed by atoms with Gasteiger partial charge in [-0.2, -0.15) is 5.10 Å². The van der Waals surface area contributed by atoms with Gasteiger partial charge in [0.25, 0.3) is 0 Å². The Kier molecular flexibility index (Phi) is 3.61. The predicted octanol–water partition coefficient (Wildman–Crippen LogP) is 6.11. The van der Waals surface area contributed by atoms with E-state index < -0.39 is 0 Å². The van der Waals surface area contributed by atoms with Crippen molar-refractivity contribution in [2.24, 2.45) is 0 Å². The standard InChI is InChI=1S/C24H20N2O/c1-16-13-25-26(14-16)15-18-6-4-7-19(11-18)20-9-10-21-22-8-3-5-17(2)24(22)27-23(21)12-20/h3-14H,15H2,1-2H3. The maximum absolute atomic E-state index is 6.16. The molecule has 0 saturated heterocycles. The minimum Gasteiger partial charge on any atom is -0.456 e. The summed E-state index contributed by atoms with van der Waals surface area (Å²) in [5, 5.41) is 6.74. The van der Waals surface area contributed by atoms with E-state index in [1.54, 1.807) is 0 Å². The topological polar surface area (TPSA) is 31.0 Å². The molecule has 0 radical (unpaired) electrons. The molecule has 2 heterocycles. The number of rotatable bonds is 3. The molecule has 5 aromatic rings. The minimum atomic E-state index is 0.772. The van der Waals surface area contributed by atoms with E-state index in [9.17, 15) is 0 Å². The zero-order chi connectivity index (χ0) is 18.4. The van der Waals surface area contributed by atoms with E-state index in [1.807, 2.05) is 10.9 Å². The Balaban J connectivity index is 1.56. The van der Waals surface area contributed by atoms with Crippen molar-refractivity contribution in [3.8, 4) is 11.1 Å². The van der Waals surface area contributed by atoms with Gasteiger partial charge < -0.3 is 4.42 Å². The molecule has 0 spiro atoms. The van der Waals surface area contributed by atoms with Crippen molar-refractivity contribution in [1.82, 2.24) is 9.78 Å². The molecule has 0 aliphatic rings. The van der Waals surface area contributed by atoms with Gasteiger partial charge in [-0.1, -0.05) is 42.5 Å². The number of benzene rings is 3. The third-order valence-corrected chi connectivity index (χ3v) is 5.06. The van der Waals surface area contributed by atoms with E-state index in [0.717, 1.165) is 23.3 Å². The number of furan rings is 1. The average Bonchev–Trinajstić information content (AvgIpc) is 3.25. The second kappa shape index (κ2) is 6.13. The molecule has 0 bridgehead atoms. The molecule has 3 nitrogen and oxygen atoms in total. The molecule has 0 N–H and O–H groups in total. The Labute approximate surface area is 157 Å². The molecule has 0 amide bonds. The zero-order valence-corrected chi connectivity index (χ0v) is 15.4. The smallest absolute Gasteiger partial charge is 0.138 e. The van der Waals surface area contributed by atoms with Crippen LogP contribution in [0.2, 0.25) is 0 Å². The predicted molar refractivity (Wildman–Crippen MR) is 110 cm³/mol. The molecule has 0 unspecified atom stereocenters. The third kappa shape index (κ3) is 2.81. The highest BCUT2D eigenvalue weighted by Crippen LogP contribution is 2.33. The molecule has 0 saturated carbocycles. The van der Waals surface area contributed by atoms with Crippen LogP contribution >= 0.6 is 0 Å². The highest BCUT2D eigenvalue weighted by Gasteiger charge is 2.10. The van der Waals surface area contributed by atoms with Crippen LogP contribution in [0.1, 0.15) is 16.7 Å². The Morgan fingerprint density at radius 3 is 2.59 bits per heavy atom. The summed E-state index contributed by atoms with van der Waals surface area (Å²) in [7, 11) is 0. The van der Waals surface area contributed by atoms with Gasteiger partial charge in [0.2, 0.25) is 0 Å². The fraction of sp³-hybridized carbons (Fsp3) is 0.125. The molecular formula is C24H20N2O. The van der Waals surface area contributed by atoms with Gasteiger partial charge in [0.15, 0.2) is 0 Å². The molecule has 2 aromatic heterocycles. The monoisotopic (exact) mass is 352 g/mol. The zero-order valence-electron chi connectivity index (χ0n) is 15.4. The van der Waals surface area contributed by atoms with E-state index in [2.05, 4.69) is 85.8 Å². The van der Waals surface area contributed by atoms with Crippen molar-refractivity contribution in [3.05, 3.63) is 89.7 Å². The van der Waals surface area contributed by atoms with Crippen LogP contribution in [0.4, 0.5) is 0 Å². The summed E-state index contributed by atoms with van der Waals surface area (Å²) < 4.78 is 8.13. The summed E-state index contributed by atoms with van der Waals surface area (Å²) in [4.78, 5) is 0. The lowest BCUT2D eigenvalue weighted by atomic mass is 10.0. The van der Waals surface area contributed by atoms with Crippen LogP contribution in [0.15, 0.2) is 77.5 Å². The molecule has 0 aliphatic carbocycles. The average molecular weight is 352 g/mol. The van der Waals surface area contributed by atoms with Crippen molar-refractivity contribution >= 4 is 21.9 Å². The normalized spacial score (nSPS) is 11.5. The van der Waals surface area contributed by atoms with Gasteiger partial charge in [-0.3, -0.25) is 4.68 Å². The lowest BCUT2D eigenvalue weighted by Crippen LogP contribution is -1.99. The second-order valence-corrected chi connectivity index (χ2v) is 7.18. The Hall–Kier alpha value is -3.33. The molecule has 0 fully saturated rings. The fourth-order valence-corrected chi connectivity index (χ4v) is 3.71. The summed E-state index contributed by atoms with van der Waals surface area (Å²) in [6.07, 6.45) is 3.96. The number of nitrogens with zero attached hydrogens (tertiary/aromatic N) is 2. The first-order valence-electron chi connectivity index (χ1n) is 9.18. The van der Waals surface area contributed by atoms with Gasteiger partial charge in [-0.05, 0) is 59.9 Å². The molecule has 5 rings (SSSR count). The van der Waals surface area contributed by atoms with E-state index in [1.165, 1.54) is 33.0 Å². The van der Waals surface area contributed by atoms with Gasteiger partial charge in [0.1, 0.15) is 11.2 Å². The SMILES string of the molecule is Cc1cnn(Cc2cccc(-c3ccc4c(c3)oc3c(C)cccc34)c2)c1. The van der Waals surface area contributed by atoms with E-state index >= 15 is 0 Å². The summed E-state index contributed by atoms with van der Waals surface area (Å²) in [6.45, 7) is 4.92. The van der Waals surface area contributed by atoms with Crippen LogP contribution in [0, 0.1) is 13.8 Å². The summed E-state index contributed by atoms with van der Waals surface area (Å²) in [5.74, 6) is 0. The van der Waals surface area contributed by atoms with Crippen LogP contribution in [0.5, 0.6) is 0 Å². The van der Waals surface area contributed by atoms with E-state index in [4.69, 9.17) is 4.42 Å². The molecule has 0 aliphatic heterocycles. The molecule has 3 heteroatoms. The Morgan fingerprint density at radius 1 is 0.889 bits per heavy atom. The molecule has 132 valence electrons. The number of hydrogen-bond acceptors (Lipinski definition) is 2. The number of fused-ring (bicyclic) bond motifs is 3. The Bertz CT molecular complexity index is 1280. The van der Waals surface area contributed by atoms with Crippen molar-refractivity contribution in [2.45, 2.75) is 20.4 Å². The minimum absolute atomic E-state index is 0.772. The van der Waals surface area contributed by atoms with Crippen molar-refractivity contribution < 1.29 is 4.42 Å². The molecular weight excluding hydrogens is 332 g/mol. The van der Waals surface area contributed by atoms with E-state index in [0.29, 0.717) is 0 Å². The van der Waals surface area contributed by atoms with Crippen LogP contribution in [-0.4, -0.2) is 9.78 Å². The maximum atomic E-state index is 6.16. The first-order chi connectivity index (χ1) is 13.2. The quantitative estimate of drug-likeness (QED) is 0.392. The van der Waals surface area contributed by atoms with Crippen LogP contribution in [0.25, 0.3) is 33.1 Å². The van der Waals surface area contributed by atoms with Crippen molar-refractivity contribution in [2.75, 3.05) is 0 Å². The van der Waals surface area contributed by atoms with Gasteiger partial charge in [0.05, 0.1) is 12.7 Å². The first-order valence-corrected chi connectivity index (χ1v) is 9.18. The summed E-state index contributed by atoms with van der Waals surface area (Å²) >= 11 is 0. The lowest BCUT2D eigenvalue weighted by Gasteiger charge is -2.06. The number of para-hydroxylation sites is 1. The highest BCUT2D eigenvalue weighted by molar-refractivity contribution is 6.06. The van der Waals surface area contributed by atoms with Gasteiger partial charge >= 0.3 is 0 Å². The second-order valence-electron chi connectivity index (χ2n) is 7.18. The molecule has 3 aromatic carbocycles. The lowest BCUT2D eigenvalue weighted by molar-refractivity contribution is 0.666. The fourth-order valence-electron chi connectivity index (χ4n) is 3.71. The van der Waals surface area contributed by atoms with Crippen LogP contribution < -0.4 is 0 Å². The summed E-state index contributed by atoms with van der Waals surface area (Å²) in [5.41, 5.74) is 7.85. The van der Waals surface area contributed by atoms with Gasteiger partial charge in [-0.15, -0.1) is 0 Å². The Morgan fingerprint density at radius 2 is 1.74 bits per heavy atom. The van der Waals surface area contributed by atoms with Gasteiger partial charge in [0, 0.05) is 17.0 Å². The highest BCUT2D eigenvalue weighted by atomic mass is 16.3. The number of aryl methyl sites for hydroxylation is 2. The third-order valence-electron chi connectivity index (χ3n) is 5.06. The van der Waals surface area contributed by atoms with Crippen molar-refractivity contribution in [3.63, 3.8) is 0 Å². The van der Waals surface area contributed by atoms with Crippen LogP contribution in [0.3, 0.4) is 0 Å². The number of hydrogen-bond donors (Lipinski definition) is 0.